The van der Waals surface area contributed by atoms with Crippen LogP contribution in [0.15, 0.2) is 30.3 Å². The normalized spacial score (nSPS) is 19.9. The number of ether oxygens (including phenoxy) is 2. The molecule has 1 aromatic carbocycles. The highest BCUT2D eigenvalue weighted by Crippen LogP contribution is 2.37. The van der Waals surface area contributed by atoms with Gasteiger partial charge in [0.25, 0.3) is 0 Å². The number of aryl methyl sites for hydroxylation is 1. The quantitative estimate of drug-likeness (QED) is 0.800. The molecule has 0 radical (unpaired) electrons. The van der Waals surface area contributed by atoms with Gasteiger partial charge < -0.3 is 14.6 Å². The van der Waals surface area contributed by atoms with Gasteiger partial charge in [-0.2, -0.15) is 0 Å². The first-order valence-corrected chi connectivity index (χ1v) is 10.1. The molecule has 28 heavy (non-hydrogen) atoms. The lowest BCUT2D eigenvalue weighted by molar-refractivity contribution is 0.0491. The largest absolute Gasteiger partial charge is 0.454 e. The first-order valence-electron chi connectivity index (χ1n) is 9.70. The zero-order chi connectivity index (χ0) is 19.5. The summed E-state index contributed by atoms with van der Waals surface area (Å²) in [7, 11) is 0. The Bertz CT molecular complexity index is 833. The van der Waals surface area contributed by atoms with Crippen molar-refractivity contribution in [1.29, 1.82) is 0 Å². The van der Waals surface area contributed by atoms with Crippen molar-refractivity contribution in [2.75, 3.05) is 33.0 Å². The van der Waals surface area contributed by atoms with Crippen molar-refractivity contribution in [2.24, 2.45) is 0 Å². The molecule has 7 heteroatoms. The molecule has 2 aromatic rings. The molecule has 6 nitrogen and oxygen atoms in total. The summed E-state index contributed by atoms with van der Waals surface area (Å²) >= 11 is 6.45. The van der Waals surface area contributed by atoms with Crippen molar-refractivity contribution in [3.8, 4) is 11.5 Å². The third-order valence-electron chi connectivity index (χ3n) is 5.40. The molecule has 150 valence electrons. The molecule has 0 amide bonds. The number of piperazine rings is 1. The molecule has 3 heterocycles. The zero-order valence-corrected chi connectivity index (χ0v) is 16.9. The number of aliphatic hydroxyl groups excluding tert-OH is 1. The maximum Gasteiger partial charge on any atom is 0.231 e. The second kappa shape index (κ2) is 8.66. The molecule has 4 rings (SSSR count). The smallest absolute Gasteiger partial charge is 0.231 e. The lowest BCUT2D eigenvalue weighted by atomic mass is 10.1. The first kappa shape index (κ1) is 19.5. The van der Waals surface area contributed by atoms with E-state index in [1.165, 1.54) is 0 Å². The summed E-state index contributed by atoms with van der Waals surface area (Å²) in [4.78, 5) is 9.45. The third kappa shape index (κ3) is 4.41. The second-order valence-electron chi connectivity index (χ2n) is 7.44. The molecule has 1 N–H and O–H groups in total. The number of nitrogens with zero attached hydrogens (tertiary/aromatic N) is 3. The molecule has 1 saturated heterocycles. The first-order chi connectivity index (χ1) is 13.6. The Morgan fingerprint density at radius 3 is 2.79 bits per heavy atom. The monoisotopic (exact) mass is 403 g/mol. The summed E-state index contributed by atoms with van der Waals surface area (Å²) < 4.78 is 10.9. The number of rotatable bonds is 6. The van der Waals surface area contributed by atoms with Crippen LogP contribution >= 0.6 is 11.6 Å². The fourth-order valence-electron chi connectivity index (χ4n) is 3.95. The van der Waals surface area contributed by atoms with E-state index in [1.807, 2.05) is 25.1 Å². The van der Waals surface area contributed by atoms with E-state index in [1.54, 1.807) is 0 Å². The van der Waals surface area contributed by atoms with Crippen molar-refractivity contribution >= 4 is 11.6 Å². The van der Waals surface area contributed by atoms with Gasteiger partial charge in [0.15, 0.2) is 11.5 Å². The topological polar surface area (TPSA) is 58.1 Å². The van der Waals surface area contributed by atoms with Gasteiger partial charge in [-0.1, -0.05) is 17.7 Å². The van der Waals surface area contributed by atoms with Crippen molar-refractivity contribution in [2.45, 2.75) is 32.5 Å². The van der Waals surface area contributed by atoms with Gasteiger partial charge in [-0.05, 0) is 37.1 Å². The standard InChI is InChI=1S/C21H26ClN3O3/c1-15-3-2-4-17(23-15)12-25-7-6-24(13-18(25)5-8-26)11-16-9-20-21(10-19(16)22)28-14-27-20/h2-4,9-10,18,26H,5-8,11-14H2,1H3/t18-/m0/s1. The van der Waals surface area contributed by atoms with Crippen LogP contribution in [-0.4, -0.2) is 59.0 Å². The summed E-state index contributed by atoms with van der Waals surface area (Å²) in [5.41, 5.74) is 3.16. The van der Waals surface area contributed by atoms with Crippen molar-refractivity contribution in [1.82, 2.24) is 14.8 Å². The molecule has 0 spiro atoms. The molecular weight excluding hydrogens is 378 g/mol. The SMILES string of the molecule is Cc1cccc(CN2CCN(Cc3cc4c(cc3Cl)OCO4)C[C@@H]2CCO)n1. The number of hydrogen-bond acceptors (Lipinski definition) is 6. The van der Waals surface area contributed by atoms with Gasteiger partial charge in [0.1, 0.15) is 0 Å². The highest BCUT2D eigenvalue weighted by molar-refractivity contribution is 6.31. The minimum Gasteiger partial charge on any atom is -0.454 e. The molecule has 1 aromatic heterocycles. The Morgan fingerprint density at radius 2 is 2.00 bits per heavy atom. The number of pyridine rings is 1. The highest BCUT2D eigenvalue weighted by atomic mass is 35.5. The zero-order valence-electron chi connectivity index (χ0n) is 16.1. The van der Waals surface area contributed by atoms with Gasteiger partial charge in [0, 0.05) is 62.2 Å². The Kier molecular flexibility index (Phi) is 6.01. The number of halogens is 1. The van der Waals surface area contributed by atoms with Crippen LogP contribution in [0.3, 0.4) is 0 Å². The van der Waals surface area contributed by atoms with Gasteiger partial charge in [-0.15, -0.1) is 0 Å². The number of fused-ring (bicyclic) bond motifs is 1. The number of aliphatic hydroxyl groups is 1. The highest BCUT2D eigenvalue weighted by Gasteiger charge is 2.28. The molecular formula is C21H26ClN3O3. The predicted octanol–water partition coefficient (Wildman–Crippen LogP) is 2.84. The molecule has 1 atom stereocenters. The summed E-state index contributed by atoms with van der Waals surface area (Å²) in [5.74, 6) is 1.47. The summed E-state index contributed by atoms with van der Waals surface area (Å²) in [5, 5.41) is 10.3. The summed E-state index contributed by atoms with van der Waals surface area (Å²) in [6, 6.07) is 10.2. The lowest BCUT2D eigenvalue weighted by Crippen LogP contribution is -2.52. The van der Waals surface area contributed by atoms with Crippen molar-refractivity contribution < 1.29 is 14.6 Å². The second-order valence-corrected chi connectivity index (χ2v) is 7.85. The van der Waals surface area contributed by atoms with Crippen LogP contribution in [0, 0.1) is 6.92 Å². The van der Waals surface area contributed by atoms with Gasteiger partial charge in [-0.25, -0.2) is 0 Å². The number of hydrogen-bond donors (Lipinski definition) is 1. The molecule has 1 fully saturated rings. The Morgan fingerprint density at radius 1 is 1.18 bits per heavy atom. The molecule has 2 aliphatic heterocycles. The summed E-state index contributed by atoms with van der Waals surface area (Å²) in [6.07, 6.45) is 0.747. The van der Waals surface area contributed by atoms with Crippen LogP contribution in [0.25, 0.3) is 0 Å². The minimum atomic E-state index is 0.182. The van der Waals surface area contributed by atoms with E-state index < -0.39 is 0 Å². The van der Waals surface area contributed by atoms with Crippen LogP contribution in [0.2, 0.25) is 5.02 Å². The van der Waals surface area contributed by atoms with E-state index in [9.17, 15) is 5.11 Å². The van der Waals surface area contributed by atoms with E-state index in [4.69, 9.17) is 21.1 Å². The maximum absolute atomic E-state index is 9.56. The van der Waals surface area contributed by atoms with Crippen LogP contribution < -0.4 is 9.47 Å². The Labute approximate surface area is 170 Å². The van der Waals surface area contributed by atoms with Gasteiger partial charge in [-0.3, -0.25) is 14.8 Å². The number of aromatic nitrogens is 1. The Balaban J connectivity index is 1.43. The predicted molar refractivity (Wildman–Crippen MR) is 108 cm³/mol. The van der Waals surface area contributed by atoms with Gasteiger partial charge >= 0.3 is 0 Å². The fourth-order valence-corrected chi connectivity index (χ4v) is 4.16. The molecule has 0 aliphatic carbocycles. The maximum atomic E-state index is 9.56. The van der Waals surface area contributed by atoms with Crippen molar-refractivity contribution in [3.63, 3.8) is 0 Å². The van der Waals surface area contributed by atoms with Gasteiger partial charge in [0.05, 0.1) is 5.69 Å². The minimum absolute atomic E-state index is 0.182. The van der Waals surface area contributed by atoms with Crippen LogP contribution in [0.5, 0.6) is 11.5 Å². The van der Waals surface area contributed by atoms with Crippen LogP contribution in [-0.2, 0) is 13.1 Å². The average Bonchev–Trinajstić information content (AvgIpc) is 3.11. The van der Waals surface area contributed by atoms with Crippen molar-refractivity contribution in [3.05, 3.63) is 52.3 Å². The number of benzene rings is 1. The van der Waals surface area contributed by atoms with E-state index in [0.29, 0.717) is 10.8 Å². The van der Waals surface area contributed by atoms with Crippen LogP contribution in [0.4, 0.5) is 0 Å². The van der Waals surface area contributed by atoms with E-state index in [2.05, 4.69) is 26.9 Å². The molecule has 0 unspecified atom stereocenters. The molecule has 0 saturated carbocycles. The molecule has 0 bridgehead atoms. The third-order valence-corrected chi connectivity index (χ3v) is 5.75. The Hall–Kier alpha value is -1.86. The van der Waals surface area contributed by atoms with E-state index in [-0.39, 0.29) is 19.4 Å². The van der Waals surface area contributed by atoms with E-state index in [0.717, 1.165) is 61.8 Å². The van der Waals surface area contributed by atoms with Crippen LogP contribution in [0.1, 0.15) is 23.4 Å². The summed E-state index contributed by atoms with van der Waals surface area (Å²) in [6.45, 7) is 6.78. The lowest BCUT2D eigenvalue weighted by Gasteiger charge is -2.41. The molecule has 2 aliphatic rings. The van der Waals surface area contributed by atoms with Gasteiger partial charge in [0.2, 0.25) is 6.79 Å². The van der Waals surface area contributed by atoms with E-state index >= 15 is 0 Å². The average molecular weight is 404 g/mol. The fraction of sp³-hybridized carbons (Fsp3) is 0.476.